The third kappa shape index (κ3) is 3.19. The van der Waals surface area contributed by atoms with Crippen LogP contribution >= 0.6 is 0 Å². The molecule has 2 saturated heterocycles. The first-order valence-electron chi connectivity index (χ1n) is 7.66. The van der Waals surface area contributed by atoms with Gasteiger partial charge < -0.3 is 14.8 Å². The van der Waals surface area contributed by atoms with Gasteiger partial charge in [-0.2, -0.15) is 0 Å². The Balaban J connectivity index is 1.60. The van der Waals surface area contributed by atoms with Gasteiger partial charge in [-0.1, -0.05) is 6.07 Å². The summed E-state index contributed by atoms with van der Waals surface area (Å²) >= 11 is 0. The minimum Gasteiger partial charge on any atom is -0.381 e. The molecule has 3 heterocycles. The van der Waals surface area contributed by atoms with Crippen molar-refractivity contribution < 1.29 is 9.47 Å². The van der Waals surface area contributed by atoms with Crippen molar-refractivity contribution >= 4 is 0 Å². The minimum atomic E-state index is 0.0536. The van der Waals surface area contributed by atoms with Gasteiger partial charge in [0.1, 0.15) is 0 Å². The van der Waals surface area contributed by atoms with E-state index < -0.39 is 0 Å². The summed E-state index contributed by atoms with van der Waals surface area (Å²) in [6.45, 7) is 4.71. The van der Waals surface area contributed by atoms with Crippen LogP contribution in [0.3, 0.4) is 0 Å². The van der Waals surface area contributed by atoms with Gasteiger partial charge >= 0.3 is 0 Å². The molecule has 2 atom stereocenters. The number of nitrogens with one attached hydrogen (secondary N) is 1. The van der Waals surface area contributed by atoms with Crippen LogP contribution in [-0.4, -0.2) is 36.4 Å². The zero-order chi connectivity index (χ0) is 13.8. The number of hydrogen-bond donors (Lipinski definition) is 1. The van der Waals surface area contributed by atoms with Crippen LogP contribution in [0.5, 0.6) is 0 Å². The van der Waals surface area contributed by atoms with Crippen LogP contribution < -0.4 is 5.32 Å². The van der Waals surface area contributed by atoms with Crippen molar-refractivity contribution in [3.05, 3.63) is 30.1 Å². The molecular formula is C16H24N2O2. The minimum absolute atomic E-state index is 0.0536. The molecule has 4 nitrogen and oxygen atoms in total. The number of pyridine rings is 1. The molecule has 2 fully saturated rings. The molecule has 4 heteroatoms. The summed E-state index contributed by atoms with van der Waals surface area (Å²) in [5.74, 6) is 0. The van der Waals surface area contributed by atoms with E-state index >= 15 is 0 Å². The second-order valence-electron chi connectivity index (χ2n) is 5.98. The van der Waals surface area contributed by atoms with E-state index in [1.54, 1.807) is 0 Å². The van der Waals surface area contributed by atoms with Crippen molar-refractivity contribution in [3.8, 4) is 0 Å². The molecule has 20 heavy (non-hydrogen) atoms. The highest BCUT2D eigenvalue weighted by Gasteiger charge is 2.39. The Morgan fingerprint density at radius 1 is 1.30 bits per heavy atom. The average Bonchev–Trinajstić information content (AvgIpc) is 2.49. The van der Waals surface area contributed by atoms with Crippen LogP contribution in [0.1, 0.15) is 44.3 Å². The van der Waals surface area contributed by atoms with Gasteiger partial charge in [0.15, 0.2) is 0 Å². The molecule has 0 aliphatic carbocycles. The largest absolute Gasteiger partial charge is 0.381 e. The first-order chi connectivity index (χ1) is 9.77. The van der Waals surface area contributed by atoms with Crippen LogP contribution in [0.2, 0.25) is 0 Å². The summed E-state index contributed by atoms with van der Waals surface area (Å²) in [5, 5.41) is 3.72. The Hall–Kier alpha value is -0.970. The lowest BCUT2D eigenvalue weighted by molar-refractivity contribution is -0.140. The number of nitrogens with zero attached hydrogens (tertiary/aromatic N) is 1. The maximum Gasteiger partial charge on any atom is 0.0741 e. The lowest BCUT2D eigenvalue weighted by atomic mass is 9.84. The molecule has 0 aromatic carbocycles. The molecule has 1 N–H and O–H groups in total. The van der Waals surface area contributed by atoms with E-state index in [1.807, 2.05) is 18.3 Å². The molecule has 2 aliphatic heterocycles. The summed E-state index contributed by atoms with van der Waals surface area (Å²) in [7, 11) is 0. The van der Waals surface area contributed by atoms with Crippen molar-refractivity contribution in [1.82, 2.24) is 10.3 Å². The van der Waals surface area contributed by atoms with Crippen molar-refractivity contribution in [2.45, 2.75) is 50.3 Å². The average molecular weight is 276 g/mol. The number of aromatic nitrogens is 1. The SMILES string of the molecule is C[C@@H](NC1CCOC2(CCOCC2)C1)c1ccccn1. The van der Waals surface area contributed by atoms with Gasteiger partial charge in [-0.3, -0.25) is 4.98 Å². The third-order valence-electron chi connectivity index (χ3n) is 4.51. The van der Waals surface area contributed by atoms with E-state index in [-0.39, 0.29) is 11.6 Å². The second kappa shape index (κ2) is 6.20. The van der Waals surface area contributed by atoms with E-state index in [0.29, 0.717) is 6.04 Å². The Morgan fingerprint density at radius 3 is 2.90 bits per heavy atom. The van der Waals surface area contributed by atoms with Gasteiger partial charge in [0, 0.05) is 38.1 Å². The lowest BCUT2D eigenvalue weighted by Gasteiger charge is -2.44. The fourth-order valence-corrected chi connectivity index (χ4v) is 3.33. The smallest absolute Gasteiger partial charge is 0.0741 e. The fourth-order valence-electron chi connectivity index (χ4n) is 3.33. The van der Waals surface area contributed by atoms with E-state index in [0.717, 1.165) is 51.2 Å². The Morgan fingerprint density at radius 2 is 2.15 bits per heavy atom. The lowest BCUT2D eigenvalue weighted by Crippen LogP contribution is -2.50. The number of hydrogen-bond acceptors (Lipinski definition) is 4. The molecule has 1 aromatic rings. The normalized spacial score (nSPS) is 27.4. The van der Waals surface area contributed by atoms with Gasteiger partial charge in [0.2, 0.25) is 0 Å². The molecule has 1 spiro atoms. The summed E-state index contributed by atoms with van der Waals surface area (Å²) in [6, 6.07) is 6.89. The highest BCUT2D eigenvalue weighted by Crippen LogP contribution is 2.34. The van der Waals surface area contributed by atoms with E-state index in [2.05, 4.69) is 23.3 Å². The van der Waals surface area contributed by atoms with Crippen LogP contribution in [-0.2, 0) is 9.47 Å². The molecule has 0 bridgehead atoms. The molecule has 1 aromatic heterocycles. The monoisotopic (exact) mass is 276 g/mol. The maximum absolute atomic E-state index is 6.09. The zero-order valence-corrected chi connectivity index (χ0v) is 12.2. The summed E-state index contributed by atoms with van der Waals surface area (Å²) in [5.41, 5.74) is 1.16. The Kier molecular flexibility index (Phi) is 4.34. The first kappa shape index (κ1) is 14.0. The Bertz CT molecular complexity index is 412. The van der Waals surface area contributed by atoms with E-state index in [9.17, 15) is 0 Å². The van der Waals surface area contributed by atoms with Gasteiger partial charge in [0.05, 0.1) is 11.3 Å². The maximum atomic E-state index is 6.09. The van der Waals surface area contributed by atoms with E-state index in [4.69, 9.17) is 9.47 Å². The predicted octanol–water partition coefficient (Wildman–Crippen LogP) is 2.46. The summed E-state index contributed by atoms with van der Waals surface area (Å²) in [4.78, 5) is 4.43. The molecule has 0 amide bonds. The Labute approximate surface area is 120 Å². The van der Waals surface area contributed by atoms with Crippen LogP contribution in [0, 0.1) is 0 Å². The van der Waals surface area contributed by atoms with Gasteiger partial charge in [-0.15, -0.1) is 0 Å². The van der Waals surface area contributed by atoms with Gasteiger partial charge in [-0.05, 0) is 44.7 Å². The predicted molar refractivity (Wildman–Crippen MR) is 77.5 cm³/mol. The van der Waals surface area contributed by atoms with Crippen molar-refractivity contribution in [1.29, 1.82) is 0 Å². The summed E-state index contributed by atoms with van der Waals surface area (Å²) < 4.78 is 11.6. The highest BCUT2D eigenvalue weighted by atomic mass is 16.5. The topological polar surface area (TPSA) is 43.4 Å². The fraction of sp³-hybridized carbons (Fsp3) is 0.688. The molecular weight excluding hydrogens is 252 g/mol. The van der Waals surface area contributed by atoms with Crippen LogP contribution in [0.4, 0.5) is 0 Å². The third-order valence-corrected chi connectivity index (χ3v) is 4.51. The highest BCUT2D eigenvalue weighted by molar-refractivity contribution is 5.08. The molecule has 1 unspecified atom stereocenters. The quantitative estimate of drug-likeness (QED) is 0.921. The number of rotatable bonds is 3. The summed E-state index contributed by atoms with van der Waals surface area (Å²) in [6.07, 6.45) is 6.09. The standard InChI is InChI=1S/C16H24N2O2/c1-13(15-4-2-3-8-17-15)18-14-5-9-20-16(12-14)6-10-19-11-7-16/h2-4,8,13-14,18H,5-7,9-12H2,1H3/t13-,14?/m1/s1. The van der Waals surface area contributed by atoms with Crippen molar-refractivity contribution in [3.63, 3.8) is 0 Å². The van der Waals surface area contributed by atoms with Crippen molar-refractivity contribution in [2.24, 2.45) is 0 Å². The molecule has 0 radical (unpaired) electrons. The first-order valence-corrected chi connectivity index (χ1v) is 7.66. The van der Waals surface area contributed by atoms with Crippen LogP contribution in [0.15, 0.2) is 24.4 Å². The van der Waals surface area contributed by atoms with Gasteiger partial charge in [0.25, 0.3) is 0 Å². The second-order valence-corrected chi connectivity index (χ2v) is 5.98. The molecule has 3 rings (SSSR count). The van der Waals surface area contributed by atoms with Gasteiger partial charge in [-0.25, -0.2) is 0 Å². The van der Waals surface area contributed by atoms with E-state index in [1.165, 1.54) is 0 Å². The van der Waals surface area contributed by atoms with Crippen molar-refractivity contribution in [2.75, 3.05) is 19.8 Å². The molecule has 110 valence electrons. The number of ether oxygens (including phenoxy) is 2. The zero-order valence-electron chi connectivity index (χ0n) is 12.2. The molecule has 2 aliphatic rings. The molecule has 0 saturated carbocycles. The van der Waals surface area contributed by atoms with Crippen LogP contribution in [0.25, 0.3) is 0 Å².